The highest BCUT2D eigenvalue weighted by Gasteiger charge is 2.60. The van der Waals surface area contributed by atoms with Crippen LogP contribution < -0.4 is 10.5 Å². The normalized spacial score (nSPS) is 30.5. The molecule has 2 aromatic carbocycles. The number of benzene rings is 2. The Bertz CT molecular complexity index is 1640. The van der Waals surface area contributed by atoms with Gasteiger partial charge in [-0.3, -0.25) is 14.4 Å². The highest BCUT2D eigenvalue weighted by molar-refractivity contribution is 6.22. The lowest BCUT2D eigenvalue weighted by atomic mass is 9.68. The van der Waals surface area contributed by atoms with Crippen LogP contribution in [0.3, 0.4) is 0 Å². The molecule has 4 atom stereocenters. The molecule has 8 rings (SSSR count). The molecule has 3 unspecified atom stereocenters. The third kappa shape index (κ3) is 4.22. The Kier molecular flexibility index (Phi) is 6.53. The van der Waals surface area contributed by atoms with Gasteiger partial charge in [-0.2, -0.15) is 0 Å². The molecule has 4 saturated heterocycles. The van der Waals surface area contributed by atoms with Crippen LogP contribution in [0.25, 0.3) is 11.1 Å². The number of primary amides is 1. The van der Waals surface area contributed by atoms with Crippen molar-refractivity contribution < 1.29 is 38.6 Å². The lowest BCUT2D eigenvalue weighted by molar-refractivity contribution is -0.957. The number of hydrogen-bond donors (Lipinski definition) is 3. The Morgan fingerprint density at radius 2 is 1.80 bits per heavy atom. The maximum absolute atomic E-state index is 13.6. The molecule has 2 bridgehead atoms. The zero-order valence-electron chi connectivity index (χ0n) is 25.0. The van der Waals surface area contributed by atoms with Gasteiger partial charge in [0, 0.05) is 59.4 Å². The molecule has 4 fully saturated rings. The first-order valence-corrected chi connectivity index (χ1v) is 15.5. The summed E-state index contributed by atoms with van der Waals surface area (Å²) in [6.45, 7) is 7.21. The summed E-state index contributed by atoms with van der Waals surface area (Å²) in [5, 5.41) is 20.1. The van der Waals surface area contributed by atoms with Gasteiger partial charge in [-0.15, -0.1) is 0 Å². The highest BCUT2D eigenvalue weighted by atomic mass is 16.5. The average Bonchev–Trinajstić information content (AvgIpc) is 3.40. The number of hydrogen-bond acceptors (Lipinski definition) is 6. The minimum absolute atomic E-state index is 0.0507. The summed E-state index contributed by atoms with van der Waals surface area (Å²) in [4.78, 5) is 51.5. The van der Waals surface area contributed by atoms with Crippen molar-refractivity contribution in [2.24, 2.45) is 23.0 Å². The van der Waals surface area contributed by atoms with Crippen molar-refractivity contribution in [2.45, 2.75) is 58.2 Å². The summed E-state index contributed by atoms with van der Waals surface area (Å²) < 4.78 is 7.22. The van der Waals surface area contributed by atoms with Gasteiger partial charge >= 0.3 is 5.97 Å². The lowest BCUT2D eigenvalue weighted by Gasteiger charge is -2.54. The van der Waals surface area contributed by atoms with Crippen LogP contribution in [0.2, 0.25) is 0 Å². The van der Waals surface area contributed by atoms with Gasteiger partial charge in [0.1, 0.15) is 24.6 Å². The Labute approximate surface area is 255 Å². The number of aliphatic carboxylic acids is 1. The number of carboxylic acids is 1. The molecule has 1 aliphatic carbocycles. The number of aliphatic hydroxyl groups excluding tert-OH is 1. The second-order valence-corrected chi connectivity index (χ2v) is 13.7. The number of fused-ring (bicyclic) bond motifs is 7. The molecule has 10 heteroatoms. The number of β-lactam (4-membered cyclic amide) rings is 1. The third-order valence-electron chi connectivity index (χ3n) is 11.2. The summed E-state index contributed by atoms with van der Waals surface area (Å²) in [5.41, 5.74) is 9.80. The van der Waals surface area contributed by atoms with Crippen molar-refractivity contribution in [1.82, 2.24) is 4.90 Å². The molecule has 2 amide bonds. The van der Waals surface area contributed by atoms with Crippen molar-refractivity contribution in [3.05, 3.63) is 64.4 Å². The molecule has 6 aliphatic rings. The summed E-state index contributed by atoms with van der Waals surface area (Å²) in [6.07, 6.45) is 2.58. The standard InChI is InChI=1S/C34H37N3O7/c1-18-24(30(33(42)43)36-29(18)27(19(2)38)32(36)41)17-44-25-5-3-4-22-28(25)21-7-6-20(14-23(21)31(22)40)16-37-11-8-34(9-12-37,10-13-37)15-26(35)39/h3-7,14,18-19,27,29,38H,8-13,15-17H2,1-2H3,(H2-,35,39,42,43)/p+1/t18-,19?,27?,29?,34?,37?/m0/s1. The predicted molar refractivity (Wildman–Crippen MR) is 159 cm³/mol. The fourth-order valence-electron chi connectivity index (χ4n) is 8.74. The maximum Gasteiger partial charge on any atom is 0.352 e. The summed E-state index contributed by atoms with van der Waals surface area (Å²) in [7, 11) is 0. The number of piperidine rings is 3. The molecule has 5 heterocycles. The maximum atomic E-state index is 13.6. The van der Waals surface area contributed by atoms with Gasteiger partial charge in [-0.1, -0.05) is 31.2 Å². The Balaban J connectivity index is 1.12. The third-order valence-corrected chi connectivity index (χ3v) is 11.2. The molecule has 10 nitrogen and oxygen atoms in total. The summed E-state index contributed by atoms with van der Waals surface area (Å²) in [5.74, 6) is -2.32. The number of amides is 2. The number of rotatable bonds is 9. The van der Waals surface area contributed by atoms with Gasteiger partial charge in [0.05, 0.1) is 37.7 Å². The van der Waals surface area contributed by atoms with E-state index in [1.165, 1.54) is 4.90 Å². The Morgan fingerprint density at radius 3 is 2.43 bits per heavy atom. The quantitative estimate of drug-likeness (QED) is 0.253. The van der Waals surface area contributed by atoms with E-state index >= 15 is 0 Å². The zero-order valence-corrected chi connectivity index (χ0v) is 25.0. The fraction of sp³-hybridized carbons (Fsp3) is 0.471. The fourth-order valence-corrected chi connectivity index (χ4v) is 8.74. The van der Waals surface area contributed by atoms with Crippen molar-refractivity contribution in [1.29, 1.82) is 0 Å². The van der Waals surface area contributed by atoms with Gasteiger partial charge in [0.15, 0.2) is 5.78 Å². The van der Waals surface area contributed by atoms with Gasteiger partial charge in [0.25, 0.3) is 0 Å². The van der Waals surface area contributed by atoms with Gasteiger partial charge < -0.3 is 30.1 Å². The van der Waals surface area contributed by atoms with E-state index in [1.807, 2.05) is 19.1 Å². The van der Waals surface area contributed by atoms with Crippen molar-refractivity contribution in [3.8, 4) is 16.9 Å². The predicted octanol–water partition coefficient (Wildman–Crippen LogP) is 2.85. The van der Waals surface area contributed by atoms with Crippen LogP contribution in [-0.4, -0.2) is 81.5 Å². The van der Waals surface area contributed by atoms with E-state index in [0.717, 1.165) is 61.1 Å². The summed E-state index contributed by atoms with van der Waals surface area (Å²) >= 11 is 0. The molecule has 230 valence electrons. The lowest BCUT2D eigenvalue weighted by Crippen LogP contribution is -2.63. The van der Waals surface area contributed by atoms with Gasteiger partial charge in [-0.25, -0.2) is 4.79 Å². The van der Waals surface area contributed by atoms with Crippen molar-refractivity contribution in [3.63, 3.8) is 0 Å². The first-order valence-electron chi connectivity index (χ1n) is 15.5. The highest BCUT2D eigenvalue weighted by Crippen LogP contribution is 2.49. The van der Waals surface area contributed by atoms with E-state index in [1.54, 1.807) is 25.1 Å². The van der Waals surface area contributed by atoms with Crippen LogP contribution in [0.1, 0.15) is 61.0 Å². The molecule has 44 heavy (non-hydrogen) atoms. The molecule has 0 radical (unpaired) electrons. The minimum atomic E-state index is -1.20. The van der Waals surface area contributed by atoms with E-state index in [2.05, 4.69) is 6.07 Å². The van der Waals surface area contributed by atoms with E-state index in [-0.39, 0.29) is 41.2 Å². The molecule has 5 aliphatic heterocycles. The monoisotopic (exact) mass is 600 g/mol. The number of carbonyl (C=O) groups is 4. The largest absolute Gasteiger partial charge is 0.488 e. The molecule has 0 spiro atoms. The van der Waals surface area contributed by atoms with Crippen LogP contribution in [0.15, 0.2) is 47.7 Å². The number of ether oxygens (including phenoxy) is 1. The van der Waals surface area contributed by atoms with Crippen LogP contribution in [-0.2, 0) is 20.9 Å². The number of carboxylic acid groups (broad SMARTS) is 1. The minimum Gasteiger partial charge on any atom is -0.488 e. The zero-order chi connectivity index (χ0) is 31.1. The number of carbonyl (C=O) groups excluding carboxylic acids is 3. The van der Waals surface area contributed by atoms with Gasteiger partial charge in [0.2, 0.25) is 11.8 Å². The number of nitrogens with zero attached hydrogens (tertiary/aromatic N) is 2. The molecule has 0 saturated carbocycles. The first kappa shape index (κ1) is 28.7. The molecule has 0 aromatic heterocycles. The summed E-state index contributed by atoms with van der Waals surface area (Å²) in [6, 6.07) is 11.0. The smallest absolute Gasteiger partial charge is 0.352 e. The second kappa shape index (κ2) is 10.0. The van der Waals surface area contributed by atoms with Crippen LogP contribution >= 0.6 is 0 Å². The molecular weight excluding hydrogens is 562 g/mol. The van der Waals surface area contributed by atoms with Crippen LogP contribution in [0, 0.1) is 17.3 Å². The Hall–Kier alpha value is -4.02. The SMILES string of the molecule is CC(O)C1C(=O)N2C(C(=O)O)=C(COc3cccc4c3-c3ccc(C[N+]56CCC(CC(N)=O)(CC5)CC6)cc3C4=O)[C@H](C)C12. The number of aliphatic hydroxyl groups is 1. The first-order chi connectivity index (χ1) is 20.9. The number of ketones is 1. The van der Waals surface area contributed by atoms with E-state index < -0.39 is 24.0 Å². The molecular formula is C34H38N3O7+. The molecule has 4 N–H and O–H groups in total. The van der Waals surface area contributed by atoms with Crippen LogP contribution in [0.5, 0.6) is 5.75 Å². The van der Waals surface area contributed by atoms with Crippen molar-refractivity contribution in [2.75, 3.05) is 26.2 Å². The van der Waals surface area contributed by atoms with E-state index in [9.17, 15) is 29.4 Å². The molecule has 2 aromatic rings. The van der Waals surface area contributed by atoms with E-state index in [0.29, 0.717) is 34.4 Å². The number of quaternary nitrogens is 1. The Morgan fingerprint density at radius 1 is 1.09 bits per heavy atom. The topological polar surface area (TPSA) is 147 Å². The second-order valence-electron chi connectivity index (χ2n) is 13.7. The van der Waals surface area contributed by atoms with Gasteiger partial charge in [-0.05, 0) is 30.0 Å². The van der Waals surface area contributed by atoms with E-state index in [4.69, 9.17) is 10.5 Å². The van der Waals surface area contributed by atoms with Crippen LogP contribution in [0.4, 0.5) is 0 Å². The van der Waals surface area contributed by atoms with Crippen molar-refractivity contribution >= 4 is 23.6 Å². The number of nitrogens with two attached hydrogens (primary N) is 1. The average molecular weight is 601 g/mol.